The number of rotatable bonds is 4. The van der Waals surface area contributed by atoms with Gasteiger partial charge >= 0.3 is 0 Å². The topological polar surface area (TPSA) is 97.6 Å². The Hall–Kier alpha value is -2.80. The van der Waals surface area contributed by atoms with Gasteiger partial charge in [-0.1, -0.05) is 0 Å². The largest absolute Gasteiger partial charge is 0.463 e. The number of anilines is 1. The van der Waals surface area contributed by atoms with Gasteiger partial charge in [-0.2, -0.15) is 0 Å². The first-order chi connectivity index (χ1) is 13.8. The molecular weight excluding hydrogens is 366 g/mol. The molecule has 7 nitrogen and oxygen atoms in total. The van der Waals surface area contributed by atoms with Gasteiger partial charge in [0.1, 0.15) is 17.2 Å². The molecule has 0 radical (unpaired) electrons. The minimum absolute atomic E-state index is 0.0687. The zero-order valence-corrected chi connectivity index (χ0v) is 17.2. The standard InChI is InChI=1S/C22H29N5O2/c1-22(2,3)26-20-19(17-5-4-12-29-17)25-18-13-14(10-11-27(18)20)21(28)24-16-8-6-15(23)7-9-16/h4-5,10-13,15-16,26H,6-9,23H2,1-3H3,(H,24,28). The quantitative estimate of drug-likeness (QED) is 0.624. The molecule has 7 heteroatoms. The fraction of sp³-hybridized carbons (Fsp3) is 0.455. The van der Waals surface area contributed by atoms with Crippen molar-refractivity contribution in [1.82, 2.24) is 14.7 Å². The molecule has 0 aromatic carbocycles. The average molecular weight is 396 g/mol. The van der Waals surface area contributed by atoms with Gasteiger partial charge < -0.3 is 20.8 Å². The molecule has 0 spiro atoms. The number of carbonyl (C=O) groups excluding carboxylic acids is 1. The highest BCUT2D eigenvalue weighted by Gasteiger charge is 2.23. The van der Waals surface area contributed by atoms with Crippen molar-refractivity contribution >= 4 is 17.4 Å². The second-order valence-electron chi connectivity index (χ2n) is 8.89. The predicted molar refractivity (Wildman–Crippen MR) is 114 cm³/mol. The van der Waals surface area contributed by atoms with Gasteiger partial charge in [0.15, 0.2) is 5.76 Å². The number of imidazole rings is 1. The molecule has 3 aromatic heterocycles. The van der Waals surface area contributed by atoms with Crippen LogP contribution in [0.2, 0.25) is 0 Å². The number of nitrogens with zero attached hydrogens (tertiary/aromatic N) is 2. The van der Waals surface area contributed by atoms with Crippen molar-refractivity contribution in [2.45, 2.75) is 64.1 Å². The number of fused-ring (bicyclic) bond motifs is 1. The van der Waals surface area contributed by atoms with Gasteiger partial charge in [-0.15, -0.1) is 0 Å². The number of furan rings is 1. The number of hydrogen-bond acceptors (Lipinski definition) is 5. The highest BCUT2D eigenvalue weighted by atomic mass is 16.3. The lowest BCUT2D eigenvalue weighted by Crippen LogP contribution is -2.40. The van der Waals surface area contributed by atoms with Gasteiger partial charge in [-0.25, -0.2) is 4.98 Å². The average Bonchev–Trinajstić information content (AvgIpc) is 3.30. The van der Waals surface area contributed by atoms with Gasteiger partial charge in [0.2, 0.25) is 0 Å². The first-order valence-electron chi connectivity index (χ1n) is 10.2. The Morgan fingerprint density at radius 1 is 1.24 bits per heavy atom. The molecule has 0 atom stereocenters. The third-order valence-corrected chi connectivity index (χ3v) is 5.24. The Morgan fingerprint density at radius 3 is 2.66 bits per heavy atom. The molecule has 1 aliphatic carbocycles. The van der Waals surface area contributed by atoms with E-state index in [0.29, 0.717) is 17.0 Å². The molecule has 1 aliphatic rings. The summed E-state index contributed by atoms with van der Waals surface area (Å²) in [4.78, 5) is 17.5. The highest BCUT2D eigenvalue weighted by molar-refractivity contribution is 5.95. The molecule has 0 unspecified atom stereocenters. The van der Waals surface area contributed by atoms with E-state index in [1.165, 1.54) is 0 Å². The van der Waals surface area contributed by atoms with Gasteiger partial charge in [0.25, 0.3) is 5.91 Å². The normalized spacial score (nSPS) is 20.0. The SMILES string of the molecule is CC(C)(C)Nc1c(-c2ccco2)nc2cc(C(=O)NC3CCC(N)CC3)ccn12. The Bertz CT molecular complexity index is 992. The van der Waals surface area contributed by atoms with Crippen LogP contribution in [0, 0.1) is 0 Å². The van der Waals surface area contributed by atoms with E-state index in [1.54, 1.807) is 6.26 Å². The van der Waals surface area contributed by atoms with Crippen LogP contribution in [0.3, 0.4) is 0 Å². The summed E-state index contributed by atoms with van der Waals surface area (Å²) >= 11 is 0. The van der Waals surface area contributed by atoms with E-state index in [4.69, 9.17) is 15.1 Å². The summed E-state index contributed by atoms with van der Waals surface area (Å²) in [6, 6.07) is 7.84. The molecular formula is C22H29N5O2. The zero-order valence-electron chi connectivity index (χ0n) is 17.2. The number of carbonyl (C=O) groups is 1. The number of aromatic nitrogens is 2. The van der Waals surface area contributed by atoms with Crippen LogP contribution in [0.25, 0.3) is 17.1 Å². The first-order valence-corrected chi connectivity index (χ1v) is 10.2. The molecule has 29 heavy (non-hydrogen) atoms. The molecule has 1 saturated carbocycles. The van der Waals surface area contributed by atoms with Crippen LogP contribution in [0.15, 0.2) is 41.1 Å². The minimum atomic E-state index is -0.158. The van der Waals surface area contributed by atoms with Gasteiger partial charge in [0, 0.05) is 29.4 Å². The summed E-state index contributed by atoms with van der Waals surface area (Å²) in [5, 5.41) is 6.65. The lowest BCUT2D eigenvalue weighted by Gasteiger charge is -2.26. The second kappa shape index (κ2) is 7.55. The minimum Gasteiger partial charge on any atom is -0.463 e. The monoisotopic (exact) mass is 395 g/mol. The lowest BCUT2D eigenvalue weighted by molar-refractivity contribution is 0.0926. The van der Waals surface area contributed by atoms with E-state index >= 15 is 0 Å². The smallest absolute Gasteiger partial charge is 0.251 e. The lowest BCUT2D eigenvalue weighted by atomic mass is 9.91. The maximum Gasteiger partial charge on any atom is 0.251 e. The summed E-state index contributed by atoms with van der Waals surface area (Å²) in [6.07, 6.45) is 7.29. The van der Waals surface area contributed by atoms with E-state index in [-0.39, 0.29) is 23.5 Å². The number of nitrogens with one attached hydrogen (secondary N) is 2. The third kappa shape index (κ3) is 4.29. The number of amides is 1. The summed E-state index contributed by atoms with van der Waals surface area (Å²) in [7, 11) is 0. The summed E-state index contributed by atoms with van der Waals surface area (Å²) < 4.78 is 7.54. The second-order valence-corrected chi connectivity index (χ2v) is 8.89. The van der Waals surface area contributed by atoms with E-state index in [9.17, 15) is 4.79 Å². The maximum atomic E-state index is 12.8. The molecule has 4 N–H and O–H groups in total. The number of pyridine rings is 1. The van der Waals surface area contributed by atoms with Crippen LogP contribution in [0.4, 0.5) is 5.82 Å². The zero-order chi connectivity index (χ0) is 20.6. The van der Waals surface area contributed by atoms with Gasteiger partial charge in [0.05, 0.1) is 6.26 Å². The van der Waals surface area contributed by atoms with E-state index < -0.39 is 0 Å². The van der Waals surface area contributed by atoms with Crippen LogP contribution < -0.4 is 16.4 Å². The van der Waals surface area contributed by atoms with Gasteiger partial charge in [-0.05, 0) is 70.7 Å². The molecule has 154 valence electrons. The molecule has 3 aromatic rings. The maximum absolute atomic E-state index is 12.8. The molecule has 0 aliphatic heterocycles. The fourth-order valence-electron chi connectivity index (χ4n) is 3.78. The van der Waals surface area contributed by atoms with E-state index in [1.807, 2.05) is 34.9 Å². The molecule has 1 amide bonds. The van der Waals surface area contributed by atoms with Crippen LogP contribution >= 0.6 is 0 Å². The molecule has 3 heterocycles. The number of nitrogens with two attached hydrogens (primary N) is 1. The van der Waals surface area contributed by atoms with Crippen molar-refractivity contribution in [3.05, 3.63) is 42.3 Å². The molecule has 1 fully saturated rings. The Morgan fingerprint density at radius 2 is 2.00 bits per heavy atom. The Kier molecular flexibility index (Phi) is 5.08. The van der Waals surface area contributed by atoms with Crippen molar-refractivity contribution in [2.24, 2.45) is 5.73 Å². The van der Waals surface area contributed by atoms with Crippen LogP contribution in [0.5, 0.6) is 0 Å². The first kappa shape index (κ1) is 19.5. The van der Waals surface area contributed by atoms with Gasteiger partial charge in [-0.3, -0.25) is 9.20 Å². The van der Waals surface area contributed by atoms with Crippen molar-refractivity contribution in [3.63, 3.8) is 0 Å². The van der Waals surface area contributed by atoms with Crippen molar-refractivity contribution in [1.29, 1.82) is 0 Å². The predicted octanol–water partition coefficient (Wildman–Crippen LogP) is 3.80. The molecule has 0 saturated heterocycles. The van der Waals surface area contributed by atoms with Crippen LogP contribution in [-0.4, -0.2) is 32.9 Å². The van der Waals surface area contributed by atoms with Crippen molar-refractivity contribution in [2.75, 3.05) is 5.32 Å². The summed E-state index contributed by atoms with van der Waals surface area (Å²) in [5.41, 5.74) is 7.83. The Labute approximate surface area is 170 Å². The van der Waals surface area contributed by atoms with Crippen LogP contribution in [-0.2, 0) is 0 Å². The third-order valence-electron chi connectivity index (χ3n) is 5.24. The fourth-order valence-corrected chi connectivity index (χ4v) is 3.78. The van der Waals surface area contributed by atoms with Crippen molar-refractivity contribution in [3.8, 4) is 11.5 Å². The highest BCUT2D eigenvalue weighted by Crippen LogP contribution is 2.31. The molecule has 0 bridgehead atoms. The Balaban J connectivity index is 1.64. The summed E-state index contributed by atoms with van der Waals surface area (Å²) in [5.74, 6) is 1.46. The van der Waals surface area contributed by atoms with E-state index in [2.05, 4.69) is 31.4 Å². The molecule has 4 rings (SSSR count). The van der Waals surface area contributed by atoms with Crippen LogP contribution in [0.1, 0.15) is 56.8 Å². The van der Waals surface area contributed by atoms with Crippen molar-refractivity contribution < 1.29 is 9.21 Å². The number of hydrogen-bond donors (Lipinski definition) is 3. The summed E-state index contributed by atoms with van der Waals surface area (Å²) in [6.45, 7) is 6.28. The van der Waals surface area contributed by atoms with E-state index in [0.717, 1.165) is 37.2 Å².